The largest absolute Gasteiger partial charge is 0.288 e. The van der Waals surface area contributed by atoms with Gasteiger partial charge in [0.25, 0.3) is 0 Å². The van der Waals surface area contributed by atoms with E-state index in [0.717, 1.165) is 17.3 Å². The molecule has 0 aliphatic carbocycles. The Labute approximate surface area is 121 Å². The maximum atomic E-state index is 13.6. The highest BCUT2D eigenvalue weighted by molar-refractivity contribution is 6.09. The van der Waals surface area contributed by atoms with Crippen LogP contribution in [0, 0.1) is 5.82 Å². The van der Waals surface area contributed by atoms with Crippen molar-refractivity contribution in [2.24, 2.45) is 0 Å². The summed E-state index contributed by atoms with van der Waals surface area (Å²) in [5.74, 6) is -0.941. The van der Waals surface area contributed by atoms with Crippen molar-refractivity contribution in [3.8, 4) is 11.1 Å². The normalized spacial score (nSPS) is 10.3. The number of rotatable bonds is 3. The average molecular weight is 277 g/mol. The second kappa shape index (κ2) is 5.67. The third kappa shape index (κ3) is 2.72. The van der Waals surface area contributed by atoms with Gasteiger partial charge >= 0.3 is 0 Å². The van der Waals surface area contributed by atoms with E-state index in [4.69, 9.17) is 0 Å². The van der Waals surface area contributed by atoms with Gasteiger partial charge in [-0.1, -0.05) is 54.6 Å². The zero-order valence-electron chi connectivity index (χ0n) is 11.2. The number of hydrogen-bond acceptors (Lipinski definition) is 2. The number of carbonyl (C=O) groups is 1. The Balaban J connectivity index is 1.91. The standard InChI is InChI=1S/C18H12FNO/c19-17-12-20-11-10-16(17)18(21)15-8-6-14(7-9-15)13-4-2-1-3-5-13/h1-12H. The molecule has 0 unspecified atom stereocenters. The van der Waals surface area contributed by atoms with E-state index in [1.54, 1.807) is 12.1 Å². The molecule has 3 aromatic rings. The lowest BCUT2D eigenvalue weighted by atomic mass is 10.00. The van der Waals surface area contributed by atoms with Crippen molar-refractivity contribution in [1.82, 2.24) is 4.98 Å². The Bertz CT molecular complexity index is 767. The van der Waals surface area contributed by atoms with Crippen LogP contribution in [0.15, 0.2) is 73.1 Å². The summed E-state index contributed by atoms with van der Waals surface area (Å²) in [6, 6.07) is 18.4. The molecular formula is C18H12FNO. The first-order valence-electron chi connectivity index (χ1n) is 6.55. The molecule has 0 spiro atoms. The molecule has 2 aromatic carbocycles. The van der Waals surface area contributed by atoms with Crippen molar-refractivity contribution < 1.29 is 9.18 Å². The third-order valence-electron chi connectivity index (χ3n) is 3.27. The molecule has 1 heterocycles. The molecule has 0 aliphatic heterocycles. The van der Waals surface area contributed by atoms with Crippen LogP contribution in [0.3, 0.4) is 0 Å². The molecule has 0 atom stereocenters. The molecule has 102 valence electrons. The summed E-state index contributed by atoms with van der Waals surface area (Å²) in [4.78, 5) is 15.9. The smallest absolute Gasteiger partial charge is 0.196 e. The minimum Gasteiger partial charge on any atom is -0.288 e. The quantitative estimate of drug-likeness (QED) is 0.674. The lowest BCUT2D eigenvalue weighted by molar-refractivity contribution is 0.103. The SMILES string of the molecule is O=C(c1ccc(-c2ccccc2)cc1)c1ccncc1F. The van der Waals surface area contributed by atoms with E-state index in [-0.39, 0.29) is 11.3 Å². The van der Waals surface area contributed by atoms with Gasteiger partial charge in [-0.25, -0.2) is 4.39 Å². The predicted molar refractivity (Wildman–Crippen MR) is 79.5 cm³/mol. The molecule has 0 fully saturated rings. The van der Waals surface area contributed by atoms with Gasteiger partial charge in [0.2, 0.25) is 0 Å². The molecule has 2 nitrogen and oxygen atoms in total. The Morgan fingerprint density at radius 1 is 0.857 bits per heavy atom. The van der Waals surface area contributed by atoms with E-state index in [2.05, 4.69) is 4.98 Å². The highest BCUT2D eigenvalue weighted by Crippen LogP contribution is 2.20. The minimum absolute atomic E-state index is 0.0393. The van der Waals surface area contributed by atoms with Gasteiger partial charge in [-0.15, -0.1) is 0 Å². The number of ketones is 1. The summed E-state index contributed by atoms with van der Waals surface area (Å²) in [6.45, 7) is 0. The Hall–Kier alpha value is -2.81. The van der Waals surface area contributed by atoms with Crippen LogP contribution in [0.5, 0.6) is 0 Å². The summed E-state index contributed by atoms with van der Waals surface area (Å²) in [6.07, 6.45) is 2.46. The van der Waals surface area contributed by atoms with E-state index in [1.165, 1.54) is 12.3 Å². The Kier molecular flexibility index (Phi) is 3.56. The molecule has 1 aromatic heterocycles. The van der Waals surface area contributed by atoms with Gasteiger partial charge in [0.05, 0.1) is 11.8 Å². The third-order valence-corrected chi connectivity index (χ3v) is 3.27. The first kappa shape index (κ1) is 13.2. The molecule has 0 saturated carbocycles. The number of benzene rings is 2. The van der Waals surface area contributed by atoms with Crippen LogP contribution >= 0.6 is 0 Å². The summed E-state index contributed by atoms with van der Waals surface area (Å²) in [5, 5.41) is 0. The van der Waals surface area contributed by atoms with Crippen LogP contribution < -0.4 is 0 Å². The second-order valence-corrected chi connectivity index (χ2v) is 4.63. The Morgan fingerprint density at radius 2 is 1.52 bits per heavy atom. The summed E-state index contributed by atoms with van der Waals surface area (Å²) < 4.78 is 13.6. The predicted octanol–water partition coefficient (Wildman–Crippen LogP) is 4.12. The molecule has 0 bridgehead atoms. The van der Waals surface area contributed by atoms with Crippen LogP contribution in [0.4, 0.5) is 4.39 Å². The number of carbonyl (C=O) groups excluding carboxylic acids is 1. The summed E-state index contributed by atoms with van der Waals surface area (Å²) in [5.41, 5.74) is 2.59. The minimum atomic E-state index is -0.602. The van der Waals surface area contributed by atoms with Gasteiger partial charge in [0.15, 0.2) is 11.6 Å². The molecule has 0 amide bonds. The molecule has 3 heteroatoms. The number of nitrogens with zero attached hydrogens (tertiary/aromatic N) is 1. The highest BCUT2D eigenvalue weighted by atomic mass is 19.1. The van der Waals surface area contributed by atoms with Gasteiger partial charge in [-0.05, 0) is 17.2 Å². The fourth-order valence-corrected chi connectivity index (χ4v) is 2.16. The first-order valence-corrected chi connectivity index (χ1v) is 6.55. The molecule has 0 saturated heterocycles. The second-order valence-electron chi connectivity index (χ2n) is 4.63. The number of pyridine rings is 1. The van der Waals surface area contributed by atoms with Crippen molar-refractivity contribution in [3.63, 3.8) is 0 Å². The lowest BCUT2D eigenvalue weighted by Crippen LogP contribution is -2.04. The van der Waals surface area contributed by atoms with E-state index in [0.29, 0.717) is 5.56 Å². The fraction of sp³-hybridized carbons (Fsp3) is 0. The monoisotopic (exact) mass is 277 g/mol. The molecular weight excluding hydrogens is 265 g/mol. The molecule has 0 radical (unpaired) electrons. The van der Waals surface area contributed by atoms with E-state index < -0.39 is 5.82 Å². The van der Waals surface area contributed by atoms with Crippen LogP contribution in [-0.4, -0.2) is 10.8 Å². The van der Waals surface area contributed by atoms with Gasteiger partial charge < -0.3 is 0 Å². The maximum Gasteiger partial charge on any atom is 0.196 e. The van der Waals surface area contributed by atoms with Crippen molar-refractivity contribution in [2.45, 2.75) is 0 Å². The lowest BCUT2D eigenvalue weighted by Gasteiger charge is -2.05. The summed E-state index contributed by atoms with van der Waals surface area (Å²) >= 11 is 0. The highest BCUT2D eigenvalue weighted by Gasteiger charge is 2.13. The maximum absolute atomic E-state index is 13.6. The molecule has 3 rings (SSSR count). The molecule has 21 heavy (non-hydrogen) atoms. The average Bonchev–Trinajstić information content (AvgIpc) is 2.56. The number of hydrogen-bond donors (Lipinski definition) is 0. The first-order chi connectivity index (χ1) is 10.3. The fourth-order valence-electron chi connectivity index (χ4n) is 2.16. The van der Waals surface area contributed by atoms with Gasteiger partial charge in [0, 0.05) is 11.8 Å². The van der Waals surface area contributed by atoms with E-state index in [9.17, 15) is 9.18 Å². The topological polar surface area (TPSA) is 30.0 Å². The number of aromatic nitrogens is 1. The zero-order valence-corrected chi connectivity index (χ0v) is 11.2. The van der Waals surface area contributed by atoms with Crippen molar-refractivity contribution >= 4 is 5.78 Å². The van der Waals surface area contributed by atoms with Crippen molar-refractivity contribution in [3.05, 3.63) is 90.0 Å². The van der Waals surface area contributed by atoms with Crippen LogP contribution in [0.25, 0.3) is 11.1 Å². The van der Waals surface area contributed by atoms with Crippen LogP contribution in [0.2, 0.25) is 0 Å². The number of halogens is 1. The van der Waals surface area contributed by atoms with Crippen LogP contribution in [0.1, 0.15) is 15.9 Å². The molecule has 0 aliphatic rings. The van der Waals surface area contributed by atoms with Gasteiger partial charge in [-0.2, -0.15) is 0 Å². The molecule has 0 N–H and O–H groups in total. The van der Waals surface area contributed by atoms with E-state index >= 15 is 0 Å². The summed E-state index contributed by atoms with van der Waals surface area (Å²) in [7, 11) is 0. The van der Waals surface area contributed by atoms with Gasteiger partial charge in [0.1, 0.15) is 0 Å². The van der Waals surface area contributed by atoms with Gasteiger partial charge in [-0.3, -0.25) is 9.78 Å². The van der Waals surface area contributed by atoms with Crippen LogP contribution in [-0.2, 0) is 0 Å². The van der Waals surface area contributed by atoms with Crippen molar-refractivity contribution in [2.75, 3.05) is 0 Å². The Morgan fingerprint density at radius 3 is 2.19 bits per heavy atom. The van der Waals surface area contributed by atoms with Crippen molar-refractivity contribution in [1.29, 1.82) is 0 Å². The van der Waals surface area contributed by atoms with E-state index in [1.807, 2.05) is 42.5 Å². The zero-order chi connectivity index (χ0) is 14.7.